The molecule has 26 heavy (non-hydrogen) atoms. The summed E-state index contributed by atoms with van der Waals surface area (Å²) in [5.74, 6) is 1.34. The van der Waals surface area contributed by atoms with Crippen molar-refractivity contribution in [1.82, 2.24) is 10.3 Å². The molecule has 138 valence electrons. The second kappa shape index (κ2) is 8.19. The fourth-order valence-corrected chi connectivity index (χ4v) is 3.32. The highest BCUT2D eigenvalue weighted by molar-refractivity contribution is 5.79. The van der Waals surface area contributed by atoms with Gasteiger partial charge in [0.05, 0.1) is 32.8 Å². The minimum absolute atomic E-state index is 0.0864. The zero-order valence-electron chi connectivity index (χ0n) is 15.0. The van der Waals surface area contributed by atoms with Crippen molar-refractivity contribution in [1.29, 1.82) is 0 Å². The second-order valence-corrected chi connectivity index (χ2v) is 6.55. The molecular weight excluding hydrogens is 332 g/mol. The number of rotatable bonds is 7. The first-order chi connectivity index (χ1) is 12.6. The monoisotopic (exact) mass is 356 g/mol. The average molecular weight is 356 g/mol. The Morgan fingerprint density at radius 1 is 1.23 bits per heavy atom. The van der Waals surface area contributed by atoms with E-state index in [2.05, 4.69) is 10.3 Å². The summed E-state index contributed by atoms with van der Waals surface area (Å²) in [5.41, 5.74) is 1.75. The van der Waals surface area contributed by atoms with Gasteiger partial charge in [0, 0.05) is 17.8 Å². The summed E-state index contributed by atoms with van der Waals surface area (Å²) in [5, 5.41) is 12.8. The number of aromatic nitrogens is 1. The lowest BCUT2D eigenvalue weighted by atomic mass is 9.75. The number of nitrogens with zero attached hydrogens (tertiary/aromatic N) is 1. The molecule has 2 N–H and O–H groups in total. The maximum Gasteiger partial charge on any atom is 0.225 e. The Morgan fingerprint density at radius 3 is 2.62 bits per heavy atom. The maximum atomic E-state index is 12.6. The topological polar surface area (TPSA) is 80.7 Å². The predicted octanol–water partition coefficient (Wildman–Crippen LogP) is 2.27. The molecule has 6 heteroatoms. The van der Waals surface area contributed by atoms with Crippen molar-refractivity contribution in [2.75, 3.05) is 14.2 Å². The predicted molar refractivity (Wildman–Crippen MR) is 97.1 cm³/mol. The molecule has 3 rings (SSSR count). The van der Waals surface area contributed by atoms with Gasteiger partial charge in [-0.1, -0.05) is 24.3 Å². The van der Waals surface area contributed by atoms with Gasteiger partial charge >= 0.3 is 0 Å². The maximum absolute atomic E-state index is 12.6. The Hall–Kier alpha value is -2.60. The van der Waals surface area contributed by atoms with Crippen molar-refractivity contribution in [3.8, 4) is 11.6 Å². The van der Waals surface area contributed by atoms with E-state index in [-0.39, 0.29) is 30.4 Å². The van der Waals surface area contributed by atoms with Crippen LogP contribution in [0.4, 0.5) is 0 Å². The summed E-state index contributed by atoms with van der Waals surface area (Å²) in [4.78, 5) is 16.9. The minimum atomic E-state index is -0.292. The summed E-state index contributed by atoms with van der Waals surface area (Å²) in [6, 6.07) is 11.0. The van der Waals surface area contributed by atoms with Crippen LogP contribution in [0.15, 0.2) is 42.6 Å². The van der Waals surface area contributed by atoms with Crippen LogP contribution >= 0.6 is 0 Å². The molecule has 1 atom stereocenters. The van der Waals surface area contributed by atoms with E-state index in [0.717, 1.165) is 11.1 Å². The molecular formula is C20H24N2O4. The van der Waals surface area contributed by atoms with E-state index in [4.69, 9.17) is 9.47 Å². The van der Waals surface area contributed by atoms with E-state index in [9.17, 15) is 9.90 Å². The van der Waals surface area contributed by atoms with Gasteiger partial charge in [0.1, 0.15) is 5.75 Å². The highest BCUT2D eigenvalue weighted by Crippen LogP contribution is 2.38. The minimum Gasteiger partial charge on any atom is -0.496 e. The summed E-state index contributed by atoms with van der Waals surface area (Å²) in [6.45, 7) is 0. The van der Waals surface area contributed by atoms with Gasteiger partial charge in [0.2, 0.25) is 11.8 Å². The molecule has 1 fully saturated rings. The normalized spacial score (nSPS) is 20.0. The summed E-state index contributed by atoms with van der Waals surface area (Å²) in [6.07, 6.45) is 3.01. The van der Waals surface area contributed by atoms with Gasteiger partial charge in [-0.2, -0.15) is 0 Å². The van der Waals surface area contributed by atoms with Crippen LogP contribution in [0.1, 0.15) is 30.0 Å². The number of ether oxygens (including phenoxy) is 2. The molecule has 0 radical (unpaired) electrons. The third-order valence-electron chi connectivity index (χ3n) is 4.81. The van der Waals surface area contributed by atoms with Gasteiger partial charge < -0.3 is 19.9 Å². The molecule has 1 unspecified atom stereocenters. The van der Waals surface area contributed by atoms with E-state index in [1.54, 1.807) is 26.5 Å². The van der Waals surface area contributed by atoms with Crippen LogP contribution < -0.4 is 14.8 Å². The largest absolute Gasteiger partial charge is 0.496 e. The average Bonchev–Trinajstić information content (AvgIpc) is 2.64. The fraction of sp³-hybridized carbons (Fsp3) is 0.400. The number of carbonyl (C=O) groups excluding carboxylic acids is 1. The number of pyridine rings is 1. The van der Waals surface area contributed by atoms with Gasteiger partial charge in [-0.25, -0.2) is 4.98 Å². The molecule has 1 amide bonds. The molecule has 1 saturated carbocycles. The van der Waals surface area contributed by atoms with Crippen LogP contribution in [0, 0.1) is 5.92 Å². The molecule has 1 heterocycles. The summed E-state index contributed by atoms with van der Waals surface area (Å²) >= 11 is 0. The lowest BCUT2D eigenvalue weighted by molar-refractivity contribution is -0.122. The number of hydrogen-bond acceptors (Lipinski definition) is 5. The highest BCUT2D eigenvalue weighted by atomic mass is 16.5. The number of amides is 1. The quantitative estimate of drug-likeness (QED) is 0.795. The first-order valence-electron chi connectivity index (χ1n) is 8.70. The fourth-order valence-electron chi connectivity index (χ4n) is 3.32. The van der Waals surface area contributed by atoms with Gasteiger partial charge in [0.15, 0.2) is 0 Å². The Morgan fingerprint density at radius 2 is 2.00 bits per heavy atom. The lowest BCUT2D eigenvalue weighted by Gasteiger charge is -2.38. The molecule has 6 nitrogen and oxygen atoms in total. The van der Waals surface area contributed by atoms with E-state index in [0.29, 0.717) is 24.5 Å². The molecule has 1 aliphatic rings. The van der Waals surface area contributed by atoms with E-state index >= 15 is 0 Å². The zero-order valence-corrected chi connectivity index (χ0v) is 15.0. The van der Waals surface area contributed by atoms with Crippen LogP contribution in [-0.2, 0) is 11.2 Å². The van der Waals surface area contributed by atoms with Crippen LogP contribution in [0.2, 0.25) is 0 Å². The zero-order chi connectivity index (χ0) is 18.5. The van der Waals surface area contributed by atoms with Crippen LogP contribution in [0.3, 0.4) is 0 Å². The Bertz CT molecular complexity index is 742. The number of benzene rings is 1. The Balaban J connectivity index is 1.73. The number of aliphatic hydroxyl groups excluding tert-OH is 1. The molecule has 2 aromatic rings. The number of aliphatic hydroxyl groups is 1. The molecule has 0 aliphatic heterocycles. The molecule has 1 aromatic heterocycles. The number of nitrogens with one attached hydrogen (secondary N) is 1. The summed E-state index contributed by atoms with van der Waals surface area (Å²) < 4.78 is 10.4. The smallest absolute Gasteiger partial charge is 0.225 e. The number of methoxy groups -OCH3 is 2. The molecule has 1 aromatic carbocycles. The van der Waals surface area contributed by atoms with Crippen molar-refractivity contribution in [2.24, 2.45) is 5.92 Å². The third kappa shape index (κ3) is 4.14. The Labute approximate surface area is 153 Å². The lowest BCUT2D eigenvalue weighted by Crippen LogP contribution is -2.42. The molecule has 1 aliphatic carbocycles. The van der Waals surface area contributed by atoms with Crippen molar-refractivity contribution in [3.63, 3.8) is 0 Å². The van der Waals surface area contributed by atoms with Crippen LogP contribution in [0.5, 0.6) is 11.6 Å². The number of para-hydroxylation sites is 1. The van der Waals surface area contributed by atoms with Crippen LogP contribution in [-0.4, -0.2) is 36.3 Å². The Kier molecular flexibility index (Phi) is 5.73. The SMILES string of the molecule is COc1ccc(C(NC(=O)Cc2ccccc2OC)C2CC(O)C2)cn1. The van der Waals surface area contributed by atoms with Crippen molar-refractivity contribution >= 4 is 5.91 Å². The van der Waals surface area contributed by atoms with E-state index < -0.39 is 0 Å². The highest BCUT2D eigenvalue weighted by Gasteiger charge is 2.35. The van der Waals surface area contributed by atoms with Crippen LogP contribution in [0.25, 0.3) is 0 Å². The van der Waals surface area contributed by atoms with Gasteiger partial charge in [0.25, 0.3) is 0 Å². The first kappa shape index (κ1) is 18.2. The van der Waals surface area contributed by atoms with Crippen molar-refractivity contribution in [2.45, 2.75) is 31.4 Å². The first-order valence-corrected chi connectivity index (χ1v) is 8.70. The second-order valence-electron chi connectivity index (χ2n) is 6.55. The van der Waals surface area contributed by atoms with Gasteiger partial charge in [-0.15, -0.1) is 0 Å². The summed E-state index contributed by atoms with van der Waals surface area (Å²) in [7, 11) is 3.16. The van der Waals surface area contributed by atoms with Gasteiger partial charge in [-0.05, 0) is 30.4 Å². The molecule has 0 saturated heterocycles. The van der Waals surface area contributed by atoms with Gasteiger partial charge in [-0.3, -0.25) is 4.79 Å². The molecule has 0 spiro atoms. The molecule has 0 bridgehead atoms. The van der Waals surface area contributed by atoms with Crippen molar-refractivity contribution in [3.05, 3.63) is 53.7 Å². The number of carbonyl (C=O) groups is 1. The third-order valence-corrected chi connectivity index (χ3v) is 4.81. The standard InChI is InChI=1S/C20H24N2O4/c1-25-17-6-4-3-5-13(17)11-18(24)22-20(15-9-16(23)10-15)14-7-8-19(26-2)21-12-14/h3-8,12,15-16,20,23H,9-11H2,1-2H3,(H,22,24). The van der Waals surface area contributed by atoms with E-state index in [1.807, 2.05) is 30.3 Å². The number of hydrogen-bond donors (Lipinski definition) is 2. The van der Waals surface area contributed by atoms with E-state index in [1.165, 1.54) is 0 Å². The van der Waals surface area contributed by atoms with Crippen molar-refractivity contribution < 1.29 is 19.4 Å².